The van der Waals surface area contributed by atoms with Crippen LogP contribution < -0.4 is 5.32 Å². The van der Waals surface area contributed by atoms with E-state index in [-0.39, 0.29) is 0 Å². The first-order chi connectivity index (χ1) is 8.35. The Bertz CT molecular complexity index is 345. The first-order valence-electron chi connectivity index (χ1n) is 7.15. The highest BCUT2D eigenvalue weighted by molar-refractivity contribution is 5.26. The van der Waals surface area contributed by atoms with E-state index in [1.165, 1.54) is 36.8 Å². The molecular formula is C16H25N. The van der Waals surface area contributed by atoms with Gasteiger partial charge in [0.05, 0.1) is 0 Å². The molecule has 1 aromatic rings. The van der Waals surface area contributed by atoms with E-state index in [4.69, 9.17) is 0 Å². The van der Waals surface area contributed by atoms with Crippen LogP contribution in [0.15, 0.2) is 24.3 Å². The number of nitrogens with one attached hydrogen (secondary N) is 1. The summed E-state index contributed by atoms with van der Waals surface area (Å²) >= 11 is 0. The molecule has 0 spiro atoms. The minimum absolute atomic E-state index is 0.755. The third-order valence-electron chi connectivity index (χ3n) is 4.24. The van der Waals surface area contributed by atoms with Crippen molar-refractivity contribution in [1.29, 1.82) is 0 Å². The van der Waals surface area contributed by atoms with Gasteiger partial charge in [0, 0.05) is 12.6 Å². The Morgan fingerprint density at radius 2 is 1.88 bits per heavy atom. The number of rotatable bonds is 5. The molecule has 1 aliphatic rings. The highest BCUT2D eigenvalue weighted by Gasteiger charge is 2.24. The van der Waals surface area contributed by atoms with E-state index in [9.17, 15) is 0 Å². The molecular weight excluding hydrogens is 206 g/mol. The summed E-state index contributed by atoms with van der Waals surface area (Å²) in [6, 6.07) is 9.57. The summed E-state index contributed by atoms with van der Waals surface area (Å²) < 4.78 is 0. The van der Waals surface area contributed by atoms with E-state index < -0.39 is 0 Å². The third-order valence-corrected chi connectivity index (χ3v) is 4.24. The average molecular weight is 231 g/mol. The van der Waals surface area contributed by atoms with E-state index in [1.807, 2.05) is 0 Å². The van der Waals surface area contributed by atoms with Gasteiger partial charge >= 0.3 is 0 Å². The van der Waals surface area contributed by atoms with Gasteiger partial charge in [0.25, 0.3) is 0 Å². The number of hydrogen-bond acceptors (Lipinski definition) is 1. The Balaban J connectivity index is 1.93. The summed E-state index contributed by atoms with van der Waals surface area (Å²) in [4.78, 5) is 0. The zero-order valence-electron chi connectivity index (χ0n) is 11.2. The van der Waals surface area contributed by atoms with Crippen molar-refractivity contribution in [3.63, 3.8) is 0 Å². The summed E-state index contributed by atoms with van der Waals surface area (Å²) in [7, 11) is 0. The highest BCUT2D eigenvalue weighted by Crippen LogP contribution is 2.28. The molecule has 0 amide bonds. The maximum Gasteiger partial charge on any atom is 0.0210 e. The van der Waals surface area contributed by atoms with Crippen LogP contribution >= 0.6 is 0 Å². The van der Waals surface area contributed by atoms with Gasteiger partial charge in [-0.15, -0.1) is 0 Å². The summed E-state index contributed by atoms with van der Waals surface area (Å²) in [5.41, 5.74) is 2.97. The van der Waals surface area contributed by atoms with Gasteiger partial charge in [-0.2, -0.15) is 0 Å². The van der Waals surface area contributed by atoms with E-state index in [2.05, 4.69) is 43.4 Å². The van der Waals surface area contributed by atoms with Gasteiger partial charge < -0.3 is 5.32 Å². The van der Waals surface area contributed by atoms with Crippen LogP contribution in [0.5, 0.6) is 0 Å². The quantitative estimate of drug-likeness (QED) is 0.810. The second-order valence-corrected chi connectivity index (χ2v) is 5.21. The topological polar surface area (TPSA) is 12.0 Å². The minimum Gasteiger partial charge on any atom is -0.310 e. The Morgan fingerprint density at radius 3 is 2.59 bits per heavy atom. The van der Waals surface area contributed by atoms with Gasteiger partial charge in [-0.3, -0.25) is 0 Å². The highest BCUT2D eigenvalue weighted by atomic mass is 14.9. The van der Waals surface area contributed by atoms with E-state index >= 15 is 0 Å². The second kappa shape index (κ2) is 6.20. The molecule has 0 saturated heterocycles. The standard InChI is InChI=1S/C16H25N/c1-3-13-8-5-6-9-15(13)12-17-16-11-7-10-14(16)4-2/h5-6,8-9,14,16-17H,3-4,7,10-12H2,1-2H3. The molecule has 0 heterocycles. The Morgan fingerprint density at radius 1 is 1.12 bits per heavy atom. The molecule has 2 rings (SSSR count). The molecule has 0 bridgehead atoms. The lowest BCUT2D eigenvalue weighted by Crippen LogP contribution is -2.31. The molecule has 1 aliphatic carbocycles. The van der Waals surface area contributed by atoms with Crippen molar-refractivity contribution in [3.8, 4) is 0 Å². The molecule has 1 N–H and O–H groups in total. The third kappa shape index (κ3) is 3.10. The van der Waals surface area contributed by atoms with Crippen LogP contribution in [0.1, 0.15) is 50.7 Å². The molecule has 17 heavy (non-hydrogen) atoms. The van der Waals surface area contributed by atoms with Crippen LogP contribution in [0.3, 0.4) is 0 Å². The van der Waals surface area contributed by atoms with Crippen LogP contribution in [-0.2, 0) is 13.0 Å². The van der Waals surface area contributed by atoms with Gasteiger partial charge in [0.1, 0.15) is 0 Å². The lowest BCUT2D eigenvalue weighted by Gasteiger charge is -2.20. The number of hydrogen-bond donors (Lipinski definition) is 1. The van der Waals surface area contributed by atoms with Crippen molar-refractivity contribution in [3.05, 3.63) is 35.4 Å². The minimum atomic E-state index is 0.755. The monoisotopic (exact) mass is 231 g/mol. The molecule has 1 heteroatoms. The first kappa shape index (κ1) is 12.6. The maximum atomic E-state index is 3.77. The predicted octanol–water partition coefficient (Wildman–Crippen LogP) is 3.92. The van der Waals surface area contributed by atoms with E-state index in [1.54, 1.807) is 0 Å². The number of benzene rings is 1. The molecule has 1 aromatic carbocycles. The van der Waals surface area contributed by atoms with Crippen LogP contribution in [0.2, 0.25) is 0 Å². The van der Waals surface area contributed by atoms with Gasteiger partial charge in [0.2, 0.25) is 0 Å². The Hall–Kier alpha value is -0.820. The van der Waals surface area contributed by atoms with Crippen molar-refractivity contribution in [1.82, 2.24) is 5.32 Å². The fourth-order valence-corrected chi connectivity index (χ4v) is 3.11. The molecule has 0 radical (unpaired) electrons. The van der Waals surface area contributed by atoms with Crippen molar-refractivity contribution in [2.45, 2.75) is 58.5 Å². The number of aryl methyl sites for hydroxylation is 1. The molecule has 1 fully saturated rings. The molecule has 94 valence electrons. The van der Waals surface area contributed by atoms with Gasteiger partial charge in [0.15, 0.2) is 0 Å². The summed E-state index contributed by atoms with van der Waals surface area (Å²) in [5, 5.41) is 3.77. The van der Waals surface area contributed by atoms with E-state index in [0.717, 1.165) is 24.9 Å². The van der Waals surface area contributed by atoms with Crippen LogP contribution in [0.25, 0.3) is 0 Å². The average Bonchev–Trinajstić information content (AvgIpc) is 2.84. The molecule has 2 unspecified atom stereocenters. The second-order valence-electron chi connectivity index (χ2n) is 5.21. The van der Waals surface area contributed by atoms with Crippen molar-refractivity contribution in [2.75, 3.05) is 0 Å². The molecule has 1 saturated carbocycles. The van der Waals surface area contributed by atoms with Gasteiger partial charge in [-0.05, 0) is 36.3 Å². The van der Waals surface area contributed by atoms with Crippen LogP contribution in [0, 0.1) is 5.92 Å². The Labute approximate surface area is 106 Å². The lowest BCUT2D eigenvalue weighted by molar-refractivity contribution is 0.389. The molecule has 0 aromatic heterocycles. The molecule has 1 nitrogen and oxygen atoms in total. The molecule has 0 aliphatic heterocycles. The first-order valence-corrected chi connectivity index (χ1v) is 7.15. The maximum absolute atomic E-state index is 3.77. The summed E-state index contributed by atoms with van der Waals surface area (Å²) in [6.07, 6.45) is 6.66. The molecule has 2 atom stereocenters. The zero-order valence-corrected chi connectivity index (χ0v) is 11.2. The normalized spacial score (nSPS) is 24.1. The SMILES string of the molecule is CCc1ccccc1CNC1CCCC1CC. The summed E-state index contributed by atoms with van der Waals surface area (Å²) in [6.45, 7) is 5.61. The van der Waals surface area contributed by atoms with Crippen LogP contribution in [0.4, 0.5) is 0 Å². The fraction of sp³-hybridized carbons (Fsp3) is 0.625. The lowest BCUT2D eigenvalue weighted by atomic mass is 9.99. The smallest absolute Gasteiger partial charge is 0.0210 e. The Kier molecular flexibility index (Phi) is 4.61. The fourth-order valence-electron chi connectivity index (χ4n) is 3.11. The van der Waals surface area contributed by atoms with Gasteiger partial charge in [-0.25, -0.2) is 0 Å². The largest absolute Gasteiger partial charge is 0.310 e. The van der Waals surface area contributed by atoms with Gasteiger partial charge in [-0.1, -0.05) is 51.0 Å². The van der Waals surface area contributed by atoms with Crippen molar-refractivity contribution in [2.24, 2.45) is 5.92 Å². The van der Waals surface area contributed by atoms with Crippen molar-refractivity contribution < 1.29 is 0 Å². The van der Waals surface area contributed by atoms with Crippen molar-refractivity contribution >= 4 is 0 Å². The summed E-state index contributed by atoms with van der Waals surface area (Å²) in [5.74, 6) is 0.906. The van der Waals surface area contributed by atoms with Crippen LogP contribution in [-0.4, -0.2) is 6.04 Å². The predicted molar refractivity (Wildman–Crippen MR) is 74.1 cm³/mol. The zero-order chi connectivity index (χ0) is 12.1. The van der Waals surface area contributed by atoms with E-state index in [0.29, 0.717) is 0 Å².